The Bertz CT molecular complexity index is 1120. The van der Waals surface area contributed by atoms with Crippen molar-refractivity contribution in [2.24, 2.45) is 0 Å². The molecule has 6 nitrogen and oxygen atoms in total. The molecule has 0 bridgehead atoms. The van der Waals surface area contributed by atoms with Crippen LogP contribution in [-0.2, 0) is 19.5 Å². The van der Waals surface area contributed by atoms with Crippen LogP contribution in [0.2, 0.25) is 0 Å². The van der Waals surface area contributed by atoms with E-state index in [4.69, 9.17) is 0 Å². The summed E-state index contributed by atoms with van der Waals surface area (Å²) >= 11 is 0. The van der Waals surface area contributed by atoms with Crippen LogP contribution in [0, 0.1) is 12.7 Å². The van der Waals surface area contributed by atoms with Gasteiger partial charge in [0.25, 0.3) is 5.91 Å². The standard InChI is InChI=1S/C22H21F4N5O/c1-14-20(21(32)27-13-22(24,25)26)28-29-31(14)19-4-2-3-16-12-30(10-9-18(16)19)11-15-5-7-17(23)8-6-15/h2-8H,9-13H2,1H3,(H,27,32). The molecule has 32 heavy (non-hydrogen) atoms. The zero-order chi connectivity index (χ0) is 22.9. The van der Waals surface area contributed by atoms with Crippen molar-refractivity contribution >= 4 is 5.91 Å². The van der Waals surface area contributed by atoms with Gasteiger partial charge < -0.3 is 5.32 Å². The first kappa shape index (κ1) is 21.9. The van der Waals surface area contributed by atoms with Gasteiger partial charge in [0.15, 0.2) is 5.69 Å². The van der Waals surface area contributed by atoms with E-state index in [1.807, 2.05) is 23.5 Å². The fourth-order valence-corrected chi connectivity index (χ4v) is 3.86. The minimum atomic E-state index is -4.50. The van der Waals surface area contributed by atoms with E-state index in [9.17, 15) is 22.4 Å². The molecule has 0 saturated heterocycles. The third-order valence-corrected chi connectivity index (χ3v) is 5.43. The van der Waals surface area contributed by atoms with Crippen LogP contribution in [0.5, 0.6) is 0 Å². The molecule has 4 rings (SSSR count). The van der Waals surface area contributed by atoms with E-state index in [2.05, 4.69) is 15.2 Å². The van der Waals surface area contributed by atoms with Gasteiger partial charge in [-0.05, 0) is 48.2 Å². The highest BCUT2D eigenvalue weighted by atomic mass is 19.4. The van der Waals surface area contributed by atoms with Crippen molar-refractivity contribution < 1.29 is 22.4 Å². The number of alkyl halides is 3. The Morgan fingerprint density at radius 1 is 1.16 bits per heavy atom. The van der Waals surface area contributed by atoms with Gasteiger partial charge in [0.05, 0.1) is 11.4 Å². The normalized spacial score (nSPS) is 14.3. The maximum atomic E-state index is 13.1. The van der Waals surface area contributed by atoms with E-state index in [0.717, 1.165) is 35.3 Å². The number of carbonyl (C=O) groups is 1. The predicted molar refractivity (Wildman–Crippen MR) is 109 cm³/mol. The smallest absolute Gasteiger partial charge is 0.341 e. The van der Waals surface area contributed by atoms with Crippen molar-refractivity contribution in [1.82, 2.24) is 25.2 Å². The van der Waals surface area contributed by atoms with Gasteiger partial charge in [0.2, 0.25) is 0 Å². The van der Waals surface area contributed by atoms with Crippen molar-refractivity contribution in [3.05, 3.63) is 76.4 Å². The highest BCUT2D eigenvalue weighted by Gasteiger charge is 2.29. The number of rotatable bonds is 5. The lowest BCUT2D eigenvalue weighted by Crippen LogP contribution is -2.34. The van der Waals surface area contributed by atoms with Crippen LogP contribution in [0.25, 0.3) is 5.69 Å². The van der Waals surface area contributed by atoms with E-state index in [1.54, 1.807) is 19.1 Å². The molecule has 1 aliphatic heterocycles. The van der Waals surface area contributed by atoms with Crippen molar-refractivity contribution in [2.75, 3.05) is 13.1 Å². The average Bonchev–Trinajstić information content (AvgIpc) is 3.14. The lowest BCUT2D eigenvalue weighted by molar-refractivity contribution is -0.123. The van der Waals surface area contributed by atoms with Crippen LogP contribution >= 0.6 is 0 Å². The summed E-state index contributed by atoms with van der Waals surface area (Å²) in [6.07, 6.45) is -3.78. The average molecular weight is 447 g/mol. The summed E-state index contributed by atoms with van der Waals surface area (Å²) in [6.45, 7) is 2.32. The van der Waals surface area contributed by atoms with Gasteiger partial charge in [-0.15, -0.1) is 5.10 Å². The Kier molecular flexibility index (Phi) is 5.96. The van der Waals surface area contributed by atoms with E-state index in [0.29, 0.717) is 18.8 Å². The molecule has 0 spiro atoms. The van der Waals surface area contributed by atoms with E-state index < -0.39 is 18.6 Å². The van der Waals surface area contributed by atoms with Crippen molar-refractivity contribution in [3.63, 3.8) is 0 Å². The number of nitrogens with one attached hydrogen (secondary N) is 1. The number of nitrogens with zero attached hydrogens (tertiary/aromatic N) is 4. The van der Waals surface area contributed by atoms with Gasteiger partial charge in [0.1, 0.15) is 12.4 Å². The molecule has 0 unspecified atom stereocenters. The minimum Gasteiger partial charge on any atom is -0.341 e. The number of fused-ring (bicyclic) bond motifs is 1. The first-order valence-electron chi connectivity index (χ1n) is 10.1. The minimum absolute atomic E-state index is 0.138. The number of halogens is 4. The molecule has 0 radical (unpaired) electrons. The molecule has 1 amide bonds. The predicted octanol–water partition coefficient (Wildman–Crippen LogP) is 3.57. The van der Waals surface area contributed by atoms with Gasteiger partial charge in [0, 0.05) is 19.6 Å². The Morgan fingerprint density at radius 3 is 2.62 bits per heavy atom. The van der Waals surface area contributed by atoms with Gasteiger partial charge >= 0.3 is 6.18 Å². The Labute approximate surface area is 181 Å². The lowest BCUT2D eigenvalue weighted by atomic mass is 9.97. The molecular formula is C22H21F4N5O. The molecule has 0 saturated carbocycles. The largest absolute Gasteiger partial charge is 0.405 e. The van der Waals surface area contributed by atoms with Crippen molar-refractivity contribution in [2.45, 2.75) is 32.6 Å². The molecule has 2 aromatic carbocycles. The van der Waals surface area contributed by atoms with Crippen molar-refractivity contribution in [3.8, 4) is 5.69 Å². The van der Waals surface area contributed by atoms with Gasteiger partial charge in [-0.2, -0.15) is 13.2 Å². The number of hydrogen-bond acceptors (Lipinski definition) is 4. The first-order chi connectivity index (χ1) is 15.2. The van der Waals surface area contributed by atoms with Crippen LogP contribution in [-0.4, -0.2) is 45.1 Å². The molecule has 168 valence electrons. The molecule has 1 aliphatic rings. The quantitative estimate of drug-likeness (QED) is 0.608. The van der Waals surface area contributed by atoms with E-state index >= 15 is 0 Å². The van der Waals surface area contributed by atoms with E-state index in [-0.39, 0.29) is 11.5 Å². The van der Waals surface area contributed by atoms with Crippen LogP contribution in [0.3, 0.4) is 0 Å². The number of aromatic nitrogens is 3. The summed E-state index contributed by atoms with van der Waals surface area (Å²) in [5.74, 6) is -1.18. The zero-order valence-corrected chi connectivity index (χ0v) is 17.3. The Balaban J connectivity index is 1.53. The van der Waals surface area contributed by atoms with Crippen LogP contribution < -0.4 is 5.32 Å². The van der Waals surface area contributed by atoms with Gasteiger partial charge in [-0.3, -0.25) is 9.69 Å². The third kappa shape index (κ3) is 4.80. The third-order valence-electron chi connectivity index (χ3n) is 5.43. The molecule has 3 aromatic rings. The summed E-state index contributed by atoms with van der Waals surface area (Å²) in [5.41, 5.74) is 4.15. The molecule has 0 aliphatic carbocycles. The molecule has 1 aromatic heterocycles. The number of amides is 1. The second-order valence-electron chi connectivity index (χ2n) is 7.74. The first-order valence-corrected chi connectivity index (χ1v) is 10.1. The highest BCUT2D eigenvalue weighted by Crippen LogP contribution is 2.27. The number of carbonyl (C=O) groups excluding carboxylic acids is 1. The van der Waals surface area contributed by atoms with Crippen LogP contribution in [0.15, 0.2) is 42.5 Å². The monoisotopic (exact) mass is 447 g/mol. The summed E-state index contributed by atoms with van der Waals surface area (Å²) in [4.78, 5) is 14.4. The van der Waals surface area contributed by atoms with Crippen LogP contribution in [0.4, 0.5) is 17.6 Å². The Hall–Kier alpha value is -3.27. The number of hydrogen-bond donors (Lipinski definition) is 1. The van der Waals surface area contributed by atoms with E-state index in [1.165, 1.54) is 16.8 Å². The molecule has 0 atom stereocenters. The van der Waals surface area contributed by atoms with Crippen LogP contribution in [0.1, 0.15) is 32.9 Å². The fourth-order valence-electron chi connectivity index (χ4n) is 3.86. The molecule has 2 heterocycles. The maximum Gasteiger partial charge on any atom is 0.405 e. The topological polar surface area (TPSA) is 63.1 Å². The summed E-state index contributed by atoms with van der Waals surface area (Å²) in [6, 6.07) is 12.2. The second-order valence-corrected chi connectivity index (χ2v) is 7.74. The summed E-state index contributed by atoms with van der Waals surface area (Å²) < 4.78 is 51.8. The zero-order valence-electron chi connectivity index (χ0n) is 17.3. The van der Waals surface area contributed by atoms with Gasteiger partial charge in [-0.1, -0.05) is 29.5 Å². The van der Waals surface area contributed by atoms with Gasteiger partial charge in [-0.25, -0.2) is 9.07 Å². The summed E-state index contributed by atoms with van der Waals surface area (Å²) in [7, 11) is 0. The SMILES string of the molecule is Cc1c(C(=O)NCC(F)(F)F)nnn1-c1cccc2c1CCN(Cc1ccc(F)cc1)C2. The number of benzene rings is 2. The molecule has 10 heteroatoms. The molecule has 0 fully saturated rings. The molecular weight excluding hydrogens is 426 g/mol. The molecule has 1 N–H and O–H groups in total. The highest BCUT2D eigenvalue weighted by molar-refractivity contribution is 5.93. The lowest BCUT2D eigenvalue weighted by Gasteiger charge is -2.30. The maximum absolute atomic E-state index is 13.1. The second kappa shape index (κ2) is 8.70. The van der Waals surface area contributed by atoms with Crippen molar-refractivity contribution in [1.29, 1.82) is 0 Å². The fraction of sp³-hybridized carbons (Fsp3) is 0.318. The summed E-state index contributed by atoms with van der Waals surface area (Å²) in [5, 5.41) is 9.67. The Morgan fingerprint density at radius 2 is 1.91 bits per heavy atom.